The van der Waals surface area contributed by atoms with Crippen molar-refractivity contribution in [2.75, 3.05) is 7.05 Å². The molecule has 1 atom stereocenters. The quantitative estimate of drug-likeness (QED) is 0.368. The molecule has 13 heavy (non-hydrogen) atoms. The Bertz CT molecular complexity index is 279. The van der Waals surface area contributed by atoms with E-state index in [0.717, 1.165) is 5.56 Å². The first-order valence-corrected chi connectivity index (χ1v) is 4.39. The third-order valence-corrected chi connectivity index (χ3v) is 2.32. The number of hydrogen-bond donors (Lipinski definition) is 3. The minimum absolute atomic E-state index is 0.0271. The molecule has 3 nitrogen and oxygen atoms in total. The lowest BCUT2D eigenvalue weighted by atomic mass is 10.0. The summed E-state index contributed by atoms with van der Waals surface area (Å²) in [4.78, 5) is 0. The predicted octanol–water partition coefficient (Wildman–Crippen LogP) is 0.985. The first-order valence-electron chi connectivity index (χ1n) is 4.39. The van der Waals surface area contributed by atoms with Gasteiger partial charge in [0, 0.05) is 0 Å². The van der Waals surface area contributed by atoms with E-state index in [1.54, 1.807) is 0 Å². The molecule has 0 fully saturated rings. The van der Waals surface area contributed by atoms with Gasteiger partial charge in [-0.15, -0.1) is 0 Å². The second-order valence-electron chi connectivity index (χ2n) is 3.23. The molecule has 0 aliphatic carbocycles. The summed E-state index contributed by atoms with van der Waals surface area (Å²) in [5.41, 5.74) is 6.45. The summed E-state index contributed by atoms with van der Waals surface area (Å²) in [6.07, 6.45) is 0.0271. The summed E-state index contributed by atoms with van der Waals surface area (Å²) in [6.45, 7) is 4.20. The minimum atomic E-state index is 0.0271. The van der Waals surface area contributed by atoms with Gasteiger partial charge in [0.2, 0.25) is 0 Å². The van der Waals surface area contributed by atoms with Crippen molar-refractivity contribution in [3.8, 4) is 0 Å². The molecule has 0 aromatic heterocycles. The highest BCUT2D eigenvalue weighted by molar-refractivity contribution is 5.31. The topological polar surface area (TPSA) is 50.1 Å². The molecule has 1 rings (SSSR count). The van der Waals surface area contributed by atoms with Crippen LogP contribution < -0.4 is 16.6 Å². The van der Waals surface area contributed by atoms with Crippen LogP contribution >= 0.6 is 0 Å². The molecular formula is C10H17N3. The SMILES string of the molecule is CNC(NN)c1ccc(C)c(C)c1. The van der Waals surface area contributed by atoms with Crippen LogP contribution in [0.5, 0.6) is 0 Å². The standard InChI is InChI=1S/C10H17N3/c1-7-4-5-9(6-8(7)2)10(12-3)13-11/h4-6,10,12-13H,11H2,1-3H3. The Hall–Kier alpha value is -0.900. The zero-order valence-electron chi connectivity index (χ0n) is 8.39. The van der Waals surface area contributed by atoms with Gasteiger partial charge in [0.25, 0.3) is 0 Å². The van der Waals surface area contributed by atoms with E-state index >= 15 is 0 Å². The molecule has 3 heteroatoms. The molecule has 0 saturated carbocycles. The normalized spacial score (nSPS) is 12.9. The average molecular weight is 179 g/mol. The number of nitrogens with one attached hydrogen (secondary N) is 2. The molecule has 0 saturated heterocycles. The minimum Gasteiger partial charge on any atom is -0.300 e. The Morgan fingerprint density at radius 2 is 1.92 bits per heavy atom. The first kappa shape index (κ1) is 10.2. The fourth-order valence-electron chi connectivity index (χ4n) is 1.29. The molecule has 0 bridgehead atoms. The maximum absolute atomic E-state index is 5.39. The van der Waals surface area contributed by atoms with E-state index in [-0.39, 0.29) is 6.17 Å². The Labute approximate surface area is 79.3 Å². The van der Waals surface area contributed by atoms with E-state index in [0.29, 0.717) is 0 Å². The van der Waals surface area contributed by atoms with Gasteiger partial charge in [-0.25, -0.2) is 5.43 Å². The highest BCUT2D eigenvalue weighted by atomic mass is 15.3. The molecule has 4 N–H and O–H groups in total. The van der Waals surface area contributed by atoms with Gasteiger partial charge in [0.1, 0.15) is 0 Å². The van der Waals surface area contributed by atoms with Crippen LogP contribution in [0.3, 0.4) is 0 Å². The molecule has 0 amide bonds. The number of rotatable bonds is 3. The second-order valence-corrected chi connectivity index (χ2v) is 3.23. The zero-order chi connectivity index (χ0) is 9.84. The van der Waals surface area contributed by atoms with E-state index in [1.807, 2.05) is 7.05 Å². The van der Waals surface area contributed by atoms with Crippen molar-refractivity contribution in [1.82, 2.24) is 10.7 Å². The second kappa shape index (κ2) is 4.37. The molecule has 0 radical (unpaired) electrons. The molecule has 0 heterocycles. The van der Waals surface area contributed by atoms with Gasteiger partial charge in [-0.3, -0.25) is 5.84 Å². The molecule has 1 unspecified atom stereocenters. The van der Waals surface area contributed by atoms with E-state index in [4.69, 9.17) is 5.84 Å². The summed E-state index contributed by atoms with van der Waals surface area (Å²) < 4.78 is 0. The molecule has 1 aromatic carbocycles. The van der Waals surface area contributed by atoms with E-state index in [1.165, 1.54) is 11.1 Å². The van der Waals surface area contributed by atoms with Crippen LogP contribution in [0.2, 0.25) is 0 Å². The van der Waals surface area contributed by atoms with Gasteiger partial charge < -0.3 is 5.32 Å². The zero-order valence-corrected chi connectivity index (χ0v) is 8.39. The maximum atomic E-state index is 5.39. The molecule has 0 spiro atoms. The largest absolute Gasteiger partial charge is 0.300 e. The smallest absolute Gasteiger partial charge is 0.0958 e. The summed E-state index contributed by atoms with van der Waals surface area (Å²) in [5, 5.41) is 3.08. The van der Waals surface area contributed by atoms with Crippen molar-refractivity contribution in [2.45, 2.75) is 20.0 Å². The van der Waals surface area contributed by atoms with Crippen molar-refractivity contribution >= 4 is 0 Å². The number of nitrogens with two attached hydrogens (primary N) is 1. The van der Waals surface area contributed by atoms with Gasteiger partial charge in [0.05, 0.1) is 6.17 Å². The lowest BCUT2D eigenvalue weighted by Gasteiger charge is -2.16. The Morgan fingerprint density at radius 1 is 1.23 bits per heavy atom. The molecule has 0 aliphatic rings. The van der Waals surface area contributed by atoms with Gasteiger partial charge in [-0.2, -0.15) is 0 Å². The van der Waals surface area contributed by atoms with E-state index in [2.05, 4.69) is 42.8 Å². The Morgan fingerprint density at radius 3 is 2.38 bits per heavy atom. The molecule has 0 aliphatic heterocycles. The molecule has 1 aromatic rings. The van der Waals surface area contributed by atoms with Crippen molar-refractivity contribution in [1.29, 1.82) is 0 Å². The van der Waals surface area contributed by atoms with Crippen LogP contribution in [-0.2, 0) is 0 Å². The van der Waals surface area contributed by atoms with Crippen LogP contribution in [0.1, 0.15) is 22.9 Å². The van der Waals surface area contributed by atoms with Crippen LogP contribution in [-0.4, -0.2) is 7.05 Å². The number of hydrogen-bond acceptors (Lipinski definition) is 3. The Kier molecular flexibility index (Phi) is 3.42. The van der Waals surface area contributed by atoms with Gasteiger partial charge in [0.15, 0.2) is 0 Å². The van der Waals surface area contributed by atoms with E-state index in [9.17, 15) is 0 Å². The third-order valence-electron chi connectivity index (χ3n) is 2.32. The van der Waals surface area contributed by atoms with Crippen LogP contribution in [0.15, 0.2) is 18.2 Å². The van der Waals surface area contributed by atoms with Crippen molar-refractivity contribution in [2.24, 2.45) is 5.84 Å². The Balaban J connectivity index is 2.95. The lowest BCUT2D eigenvalue weighted by molar-refractivity contribution is 0.488. The highest BCUT2D eigenvalue weighted by Crippen LogP contribution is 2.14. The fraction of sp³-hybridized carbons (Fsp3) is 0.400. The molecule has 72 valence electrons. The highest BCUT2D eigenvalue weighted by Gasteiger charge is 2.06. The van der Waals surface area contributed by atoms with Crippen LogP contribution in [0.25, 0.3) is 0 Å². The molecular weight excluding hydrogens is 162 g/mol. The lowest BCUT2D eigenvalue weighted by Crippen LogP contribution is -2.36. The van der Waals surface area contributed by atoms with Crippen molar-refractivity contribution in [3.63, 3.8) is 0 Å². The van der Waals surface area contributed by atoms with E-state index < -0.39 is 0 Å². The van der Waals surface area contributed by atoms with Gasteiger partial charge in [-0.1, -0.05) is 18.2 Å². The fourth-order valence-corrected chi connectivity index (χ4v) is 1.29. The van der Waals surface area contributed by atoms with Gasteiger partial charge >= 0.3 is 0 Å². The van der Waals surface area contributed by atoms with Crippen LogP contribution in [0, 0.1) is 13.8 Å². The summed E-state index contributed by atoms with van der Waals surface area (Å²) in [5.74, 6) is 5.39. The van der Waals surface area contributed by atoms with Crippen molar-refractivity contribution < 1.29 is 0 Å². The summed E-state index contributed by atoms with van der Waals surface area (Å²) in [6, 6.07) is 6.31. The number of benzene rings is 1. The number of aryl methyl sites for hydroxylation is 2. The third kappa shape index (κ3) is 2.28. The van der Waals surface area contributed by atoms with Crippen LogP contribution in [0.4, 0.5) is 0 Å². The number of hydrazine groups is 1. The summed E-state index contributed by atoms with van der Waals surface area (Å²) >= 11 is 0. The van der Waals surface area contributed by atoms with Crippen molar-refractivity contribution in [3.05, 3.63) is 34.9 Å². The maximum Gasteiger partial charge on any atom is 0.0958 e. The average Bonchev–Trinajstić information content (AvgIpc) is 2.13. The predicted molar refractivity (Wildman–Crippen MR) is 55.0 cm³/mol. The first-order chi connectivity index (χ1) is 6.19. The van der Waals surface area contributed by atoms with Gasteiger partial charge in [-0.05, 0) is 37.6 Å². The monoisotopic (exact) mass is 179 g/mol. The summed E-state index contributed by atoms with van der Waals surface area (Å²) in [7, 11) is 1.87.